The van der Waals surface area contributed by atoms with Crippen LogP contribution in [0.25, 0.3) is 0 Å². The molecule has 0 aliphatic carbocycles. The number of carbonyl (C=O) groups excluding carboxylic acids is 1. The molecule has 1 fully saturated rings. The second-order valence-electron chi connectivity index (χ2n) is 6.65. The van der Waals surface area contributed by atoms with Crippen molar-refractivity contribution in [2.24, 2.45) is 0 Å². The lowest BCUT2D eigenvalue weighted by molar-refractivity contribution is -0.315. The summed E-state index contributed by atoms with van der Waals surface area (Å²) >= 11 is 0. The summed E-state index contributed by atoms with van der Waals surface area (Å²) in [4.78, 5) is 12.0. The first kappa shape index (κ1) is 23.2. The van der Waals surface area contributed by atoms with Gasteiger partial charge >= 0.3 is 5.97 Å². The predicted molar refractivity (Wildman–Crippen MR) is 86.8 cm³/mol. The highest BCUT2D eigenvalue weighted by Crippen LogP contribution is 2.25. The standard InChI is InChI=1S/C16H30O10/c1-5-16(23,9(4)18)15(22)24-6-10-11(19)12(20)13(21)14(26-10)25-8(3)7(2)17/h7-14,17-21,23H,5-6H2,1-4H3/t7?,8?,9-,10-,11-,12+,13-,14-,16+/m1/s1. The van der Waals surface area contributed by atoms with Crippen LogP contribution in [0.2, 0.25) is 0 Å². The maximum Gasteiger partial charge on any atom is 0.340 e. The van der Waals surface area contributed by atoms with Gasteiger partial charge in [-0.25, -0.2) is 4.79 Å². The SMILES string of the molecule is CC[C@@](O)(C(=O)OC[C@H]1O[C@@H](OC(C)C(C)O)[C@H](O)[C@@H](O)[C@@H]1O)[C@@H](C)O. The molecule has 0 aromatic heterocycles. The van der Waals surface area contributed by atoms with Gasteiger partial charge in [0.2, 0.25) is 0 Å². The predicted octanol–water partition coefficient (Wildman–Crippen LogP) is -2.35. The Kier molecular flexibility index (Phi) is 8.36. The molecule has 1 rings (SSSR count). The van der Waals surface area contributed by atoms with E-state index in [9.17, 15) is 35.4 Å². The van der Waals surface area contributed by atoms with Crippen LogP contribution in [0.1, 0.15) is 34.1 Å². The van der Waals surface area contributed by atoms with Crippen LogP contribution < -0.4 is 0 Å². The van der Waals surface area contributed by atoms with E-state index in [1.807, 2.05) is 0 Å². The molecule has 10 nitrogen and oxygen atoms in total. The molecule has 1 heterocycles. The van der Waals surface area contributed by atoms with Gasteiger partial charge in [-0.3, -0.25) is 0 Å². The Morgan fingerprint density at radius 2 is 1.69 bits per heavy atom. The zero-order valence-electron chi connectivity index (χ0n) is 15.3. The molecule has 0 saturated carbocycles. The van der Waals surface area contributed by atoms with Gasteiger partial charge in [-0.15, -0.1) is 0 Å². The highest BCUT2D eigenvalue weighted by atomic mass is 16.7. The minimum atomic E-state index is -2.12. The number of ether oxygens (including phenoxy) is 3. The van der Waals surface area contributed by atoms with E-state index in [0.29, 0.717) is 0 Å². The van der Waals surface area contributed by atoms with Crippen molar-refractivity contribution in [3.63, 3.8) is 0 Å². The fourth-order valence-electron chi connectivity index (χ4n) is 2.39. The fraction of sp³-hybridized carbons (Fsp3) is 0.938. The van der Waals surface area contributed by atoms with E-state index in [1.54, 1.807) is 0 Å². The van der Waals surface area contributed by atoms with Crippen LogP contribution in [0, 0.1) is 0 Å². The molecule has 2 unspecified atom stereocenters. The zero-order chi connectivity index (χ0) is 20.2. The first-order valence-corrected chi connectivity index (χ1v) is 8.56. The lowest BCUT2D eigenvalue weighted by atomic mass is 9.95. The van der Waals surface area contributed by atoms with Gasteiger partial charge in [-0.2, -0.15) is 0 Å². The Bertz CT molecular complexity index is 456. The average Bonchev–Trinajstić information content (AvgIpc) is 2.59. The molecule has 1 aliphatic heterocycles. The molecular weight excluding hydrogens is 352 g/mol. The summed E-state index contributed by atoms with van der Waals surface area (Å²) in [5, 5.41) is 59.0. The average molecular weight is 382 g/mol. The smallest absolute Gasteiger partial charge is 0.340 e. The minimum absolute atomic E-state index is 0.101. The maximum absolute atomic E-state index is 12.0. The maximum atomic E-state index is 12.0. The first-order valence-electron chi connectivity index (χ1n) is 8.56. The van der Waals surface area contributed by atoms with Crippen molar-refractivity contribution in [1.82, 2.24) is 0 Å². The monoisotopic (exact) mass is 382 g/mol. The van der Waals surface area contributed by atoms with Crippen molar-refractivity contribution in [2.45, 2.75) is 88.7 Å². The second-order valence-corrected chi connectivity index (χ2v) is 6.65. The summed E-state index contributed by atoms with van der Waals surface area (Å²) in [5.74, 6) is -1.11. The van der Waals surface area contributed by atoms with Crippen molar-refractivity contribution in [1.29, 1.82) is 0 Å². The molecule has 0 spiro atoms. The molecule has 1 aliphatic rings. The van der Waals surface area contributed by atoms with Gasteiger partial charge in [0.05, 0.1) is 18.3 Å². The van der Waals surface area contributed by atoms with Crippen molar-refractivity contribution < 1.29 is 49.6 Å². The Hall–Kier alpha value is -0.850. The van der Waals surface area contributed by atoms with Crippen LogP contribution in [-0.4, -0.2) is 97.8 Å². The molecule has 10 heteroatoms. The zero-order valence-corrected chi connectivity index (χ0v) is 15.3. The van der Waals surface area contributed by atoms with E-state index in [2.05, 4.69) is 0 Å². The molecule has 154 valence electrons. The molecule has 9 atom stereocenters. The Balaban J connectivity index is 2.77. The van der Waals surface area contributed by atoms with E-state index < -0.39 is 67.2 Å². The minimum Gasteiger partial charge on any atom is -0.461 e. The molecule has 1 saturated heterocycles. The number of hydrogen-bond acceptors (Lipinski definition) is 10. The number of rotatable bonds is 8. The Morgan fingerprint density at radius 3 is 2.15 bits per heavy atom. The third-order valence-corrected chi connectivity index (χ3v) is 4.66. The summed E-state index contributed by atoms with van der Waals surface area (Å²) < 4.78 is 15.6. The number of esters is 1. The van der Waals surface area contributed by atoms with Crippen LogP contribution in [-0.2, 0) is 19.0 Å². The first-order chi connectivity index (χ1) is 12.0. The highest BCUT2D eigenvalue weighted by Gasteiger charge is 2.47. The topological polar surface area (TPSA) is 166 Å². The largest absolute Gasteiger partial charge is 0.461 e. The van der Waals surface area contributed by atoms with Crippen LogP contribution >= 0.6 is 0 Å². The van der Waals surface area contributed by atoms with Crippen LogP contribution in [0.5, 0.6) is 0 Å². The van der Waals surface area contributed by atoms with E-state index in [-0.39, 0.29) is 6.42 Å². The van der Waals surface area contributed by atoms with Gasteiger partial charge in [-0.05, 0) is 27.2 Å². The molecule has 0 radical (unpaired) electrons. The van der Waals surface area contributed by atoms with E-state index >= 15 is 0 Å². The van der Waals surface area contributed by atoms with E-state index in [0.717, 1.165) is 0 Å². The molecular formula is C16H30O10. The van der Waals surface area contributed by atoms with Gasteiger partial charge in [0.15, 0.2) is 11.9 Å². The third kappa shape index (κ3) is 5.11. The number of hydrogen-bond donors (Lipinski definition) is 6. The van der Waals surface area contributed by atoms with E-state index in [1.165, 1.54) is 27.7 Å². The lowest BCUT2D eigenvalue weighted by Crippen LogP contribution is -2.60. The van der Waals surface area contributed by atoms with Crippen molar-refractivity contribution in [3.05, 3.63) is 0 Å². The fourth-order valence-corrected chi connectivity index (χ4v) is 2.39. The molecule has 26 heavy (non-hydrogen) atoms. The van der Waals surface area contributed by atoms with E-state index in [4.69, 9.17) is 14.2 Å². The Morgan fingerprint density at radius 1 is 1.12 bits per heavy atom. The van der Waals surface area contributed by atoms with Crippen LogP contribution in [0.15, 0.2) is 0 Å². The molecule has 6 N–H and O–H groups in total. The van der Waals surface area contributed by atoms with Crippen LogP contribution in [0.4, 0.5) is 0 Å². The van der Waals surface area contributed by atoms with Crippen LogP contribution in [0.3, 0.4) is 0 Å². The summed E-state index contributed by atoms with van der Waals surface area (Å²) in [5.41, 5.74) is -2.12. The van der Waals surface area contributed by atoms with Crippen molar-refractivity contribution >= 4 is 5.97 Å². The summed E-state index contributed by atoms with van der Waals surface area (Å²) in [7, 11) is 0. The van der Waals surface area contributed by atoms with Gasteiger partial charge in [-0.1, -0.05) is 6.92 Å². The normalized spacial score (nSPS) is 35.2. The Labute approximate surface area is 151 Å². The molecule has 0 amide bonds. The summed E-state index contributed by atoms with van der Waals surface area (Å²) in [6.45, 7) is 5.16. The lowest BCUT2D eigenvalue weighted by Gasteiger charge is -2.41. The number of aliphatic hydroxyl groups is 6. The number of aliphatic hydroxyl groups excluding tert-OH is 5. The molecule has 0 aromatic rings. The molecule has 0 aromatic carbocycles. The van der Waals surface area contributed by atoms with Gasteiger partial charge in [0.25, 0.3) is 0 Å². The van der Waals surface area contributed by atoms with Crippen molar-refractivity contribution in [3.8, 4) is 0 Å². The van der Waals surface area contributed by atoms with Gasteiger partial charge in [0, 0.05) is 0 Å². The summed E-state index contributed by atoms with van der Waals surface area (Å²) in [6, 6.07) is 0. The number of carbonyl (C=O) groups is 1. The second kappa shape index (κ2) is 9.38. The highest BCUT2D eigenvalue weighted by molar-refractivity contribution is 5.80. The summed E-state index contributed by atoms with van der Waals surface area (Å²) in [6.07, 6.45) is -10.5. The molecule has 0 bridgehead atoms. The van der Waals surface area contributed by atoms with Gasteiger partial charge < -0.3 is 44.8 Å². The quantitative estimate of drug-likeness (QED) is 0.250. The van der Waals surface area contributed by atoms with Gasteiger partial charge in [0.1, 0.15) is 31.0 Å². The van der Waals surface area contributed by atoms with Crippen molar-refractivity contribution in [2.75, 3.05) is 6.61 Å². The third-order valence-electron chi connectivity index (χ3n) is 4.66.